The second kappa shape index (κ2) is 9.18. The van der Waals surface area contributed by atoms with Gasteiger partial charge >= 0.3 is 0 Å². The Morgan fingerprint density at radius 2 is 1.90 bits per heavy atom. The van der Waals surface area contributed by atoms with Crippen LogP contribution in [0.25, 0.3) is 6.08 Å². The number of ether oxygens (including phenoxy) is 2. The fourth-order valence-corrected chi connectivity index (χ4v) is 3.85. The van der Waals surface area contributed by atoms with E-state index < -0.39 is 0 Å². The largest absolute Gasteiger partial charge is 0.490 e. The monoisotopic (exact) mass is 411 g/mol. The summed E-state index contributed by atoms with van der Waals surface area (Å²) in [5, 5.41) is -0.257. The molecule has 0 radical (unpaired) electrons. The molecule has 2 amide bonds. The van der Waals surface area contributed by atoms with E-state index in [1.54, 1.807) is 6.08 Å². The van der Waals surface area contributed by atoms with Gasteiger partial charge in [0.15, 0.2) is 11.5 Å². The molecular weight excluding hydrogens is 386 g/mol. The molecule has 2 aromatic rings. The maximum atomic E-state index is 12.8. The lowest BCUT2D eigenvalue weighted by molar-refractivity contribution is -0.123. The van der Waals surface area contributed by atoms with Gasteiger partial charge in [-0.1, -0.05) is 35.9 Å². The number of carbonyl (C=O) groups excluding carboxylic acids is 2. The topological polar surface area (TPSA) is 55.8 Å². The first-order valence-electron chi connectivity index (χ1n) is 9.61. The molecule has 1 fully saturated rings. The fourth-order valence-electron chi connectivity index (χ4n) is 3.01. The second-order valence-corrected chi connectivity index (χ2v) is 8.06. The maximum absolute atomic E-state index is 12.8. The molecular formula is C23H25NO4S. The number of hydrogen-bond donors (Lipinski definition) is 0. The van der Waals surface area contributed by atoms with Gasteiger partial charge in [-0.05, 0) is 68.8 Å². The van der Waals surface area contributed by atoms with Gasteiger partial charge in [0.1, 0.15) is 0 Å². The zero-order chi connectivity index (χ0) is 21.0. The Balaban J connectivity index is 1.82. The highest BCUT2D eigenvalue weighted by Gasteiger charge is 2.35. The molecule has 1 aliphatic rings. The van der Waals surface area contributed by atoms with Crippen molar-refractivity contribution < 1.29 is 19.1 Å². The first kappa shape index (κ1) is 21.0. The van der Waals surface area contributed by atoms with Gasteiger partial charge in [-0.15, -0.1) is 0 Å². The number of rotatable bonds is 7. The Hall–Kier alpha value is -2.73. The van der Waals surface area contributed by atoms with Crippen molar-refractivity contribution in [3.05, 3.63) is 64.1 Å². The molecule has 0 unspecified atom stereocenters. The van der Waals surface area contributed by atoms with Crippen molar-refractivity contribution in [2.24, 2.45) is 0 Å². The highest BCUT2D eigenvalue weighted by Crippen LogP contribution is 2.35. The molecule has 152 valence electrons. The van der Waals surface area contributed by atoms with Crippen LogP contribution in [0.1, 0.15) is 37.5 Å². The summed E-state index contributed by atoms with van der Waals surface area (Å²) in [7, 11) is 0. The van der Waals surface area contributed by atoms with Crippen LogP contribution in [-0.4, -0.2) is 28.8 Å². The number of carbonyl (C=O) groups is 2. The molecule has 29 heavy (non-hydrogen) atoms. The van der Waals surface area contributed by atoms with Crippen LogP contribution >= 0.6 is 11.8 Å². The van der Waals surface area contributed by atoms with E-state index >= 15 is 0 Å². The molecule has 1 heterocycles. The van der Waals surface area contributed by atoms with E-state index in [2.05, 4.69) is 0 Å². The summed E-state index contributed by atoms with van der Waals surface area (Å²) in [6.45, 7) is 8.57. The first-order chi connectivity index (χ1) is 13.9. The van der Waals surface area contributed by atoms with Gasteiger partial charge in [-0.3, -0.25) is 14.5 Å². The molecule has 2 aromatic carbocycles. The SMILES string of the molecule is CCOc1cc(/C=C2/SC(=O)N(Cc3cccc(C)c3)C2=O)ccc1OC(C)C. The normalized spacial score (nSPS) is 15.5. The van der Waals surface area contributed by atoms with Gasteiger partial charge in [-0.25, -0.2) is 0 Å². The second-order valence-electron chi connectivity index (χ2n) is 7.06. The van der Waals surface area contributed by atoms with Crippen LogP contribution < -0.4 is 9.47 Å². The summed E-state index contributed by atoms with van der Waals surface area (Å²) in [6.07, 6.45) is 1.75. The zero-order valence-electron chi connectivity index (χ0n) is 17.1. The minimum Gasteiger partial charge on any atom is -0.490 e. The number of imide groups is 1. The molecule has 0 aliphatic carbocycles. The first-order valence-corrected chi connectivity index (χ1v) is 10.4. The predicted molar refractivity (Wildman–Crippen MR) is 116 cm³/mol. The lowest BCUT2D eigenvalue weighted by Gasteiger charge is -2.15. The number of aryl methyl sites for hydroxylation is 1. The number of amides is 2. The van der Waals surface area contributed by atoms with Gasteiger partial charge in [0, 0.05) is 0 Å². The molecule has 0 bridgehead atoms. The standard InChI is InChI=1S/C23H25NO4S/c1-5-27-20-12-17(9-10-19(20)28-15(2)3)13-21-22(25)24(23(26)29-21)14-18-8-6-7-16(4)11-18/h6-13,15H,5,14H2,1-4H3/b21-13+. The molecule has 1 saturated heterocycles. The molecule has 5 nitrogen and oxygen atoms in total. The van der Waals surface area contributed by atoms with Crippen molar-refractivity contribution in [1.82, 2.24) is 4.90 Å². The molecule has 3 rings (SSSR count). The predicted octanol–water partition coefficient (Wildman–Crippen LogP) is 5.42. The third kappa shape index (κ3) is 5.21. The van der Waals surface area contributed by atoms with Crippen LogP contribution in [0, 0.1) is 6.92 Å². The van der Waals surface area contributed by atoms with Crippen molar-refractivity contribution in [3.8, 4) is 11.5 Å². The van der Waals surface area contributed by atoms with Crippen molar-refractivity contribution >= 4 is 29.0 Å². The van der Waals surface area contributed by atoms with Crippen molar-refractivity contribution in [2.45, 2.75) is 40.3 Å². The summed E-state index contributed by atoms with van der Waals surface area (Å²) in [6, 6.07) is 13.3. The lowest BCUT2D eigenvalue weighted by atomic mass is 10.1. The average Bonchev–Trinajstić information content (AvgIpc) is 2.91. The van der Waals surface area contributed by atoms with Gasteiger partial charge in [0.25, 0.3) is 11.1 Å². The summed E-state index contributed by atoms with van der Waals surface area (Å²) in [5.74, 6) is 1.00. The lowest BCUT2D eigenvalue weighted by Crippen LogP contribution is -2.27. The Bertz CT molecular complexity index is 952. The Morgan fingerprint density at radius 1 is 1.10 bits per heavy atom. The molecule has 0 atom stereocenters. The van der Waals surface area contributed by atoms with E-state index in [1.807, 2.05) is 70.2 Å². The minimum absolute atomic E-state index is 0.0261. The Kier molecular flexibility index (Phi) is 6.64. The molecule has 0 N–H and O–H groups in total. The number of thioether (sulfide) groups is 1. The van der Waals surface area contributed by atoms with E-state index in [-0.39, 0.29) is 23.8 Å². The van der Waals surface area contributed by atoms with Crippen LogP contribution in [0.4, 0.5) is 4.79 Å². The van der Waals surface area contributed by atoms with E-state index in [0.717, 1.165) is 28.5 Å². The minimum atomic E-state index is -0.276. The van der Waals surface area contributed by atoms with E-state index in [4.69, 9.17) is 9.47 Å². The van der Waals surface area contributed by atoms with Crippen molar-refractivity contribution in [1.29, 1.82) is 0 Å². The third-order valence-electron chi connectivity index (χ3n) is 4.22. The van der Waals surface area contributed by atoms with E-state index in [9.17, 15) is 9.59 Å². The van der Waals surface area contributed by atoms with Gasteiger partial charge < -0.3 is 9.47 Å². The Morgan fingerprint density at radius 3 is 2.59 bits per heavy atom. The Labute approximate surface area is 175 Å². The molecule has 6 heteroatoms. The zero-order valence-corrected chi connectivity index (χ0v) is 17.9. The fraction of sp³-hybridized carbons (Fsp3) is 0.304. The van der Waals surface area contributed by atoms with E-state index in [1.165, 1.54) is 4.90 Å². The number of nitrogens with zero attached hydrogens (tertiary/aromatic N) is 1. The molecule has 0 spiro atoms. The summed E-state index contributed by atoms with van der Waals surface area (Å²) in [4.78, 5) is 26.9. The average molecular weight is 412 g/mol. The summed E-state index contributed by atoms with van der Waals surface area (Å²) in [5.41, 5.74) is 2.81. The van der Waals surface area contributed by atoms with Crippen molar-refractivity contribution in [2.75, 3.05) is 6.61 Å². The number of benzene rings is 2. The third-order valence-corrected chi connectivity index (χ3v) is 5.13. The summed E-state index contributed by atoms with van der Waals surface area (Å²) < 4.78 is 11.5. The molecule has 0 aromatic heterocycles. The highest BCUT2D eigenvalue weighted by molar-refractivity contribution is 8.18. The van der Waals surface area contributed by atoms with Crippen LogP contribution in [-0.2, 0) is 11.3 Å². The van der Waals surface area contributed by atoms with Crippen LogP contribution in [0.15, 0.2) is 47.4 Å². The van der Waals surface area contributed by atoms with E-state index in [0.29, 0.717) is 23.0 Å². The van der Waals surface area contributed by atoms with Crippen molar-refractivity contribution in [3.63, 3.8) is 0 Å². The van der Waals surface area contributed by atoms with Gasteiger partial charge in [0.05, 0.1) is 24.2 Å². The molecule has 0 saturated carbocycles. The van der Waals surface area contributed by atoms with Gasteiger partial charge in [-0.2, -0.15) is 0 Å². The summed E-state index contributed by atoms with van der Waals surface area (Å²) >= 11 is 0.961. The van der Waals surface area contributed by atoms with Gasteiger partial charge in [0.2, 0.25) is 0 Å². The van der Waals surface area contributed by atoms with Crippen LogP contribution in [0.2, 0.25) is 0 Å². The maximum Gasteiger partial charge on any atom is 0.293 e. The van der Waals surface area contributed by atoms with Crippen LogP contribution in [0.3, 0.4) is 0 Å². The van der Waals surface area contributed by atoms with Crippen LogP contribution in [0.5, 0.6) is 11.5 Å². The smallest absolute Gasteiger partial charge is 0.293 e. The highest BCUT2D eigenvalue weighted by atomic mass is 32.2. The number of hydrogen-bond acceptors (Lipinski definition) is 5. The quantitative estimate of drug-likeness (QED) is 0.570. The molecule has 1 aliphatic heterocycles.